The van der Waals surface area contributed by atoms with Gasteiger partial charge in [-0.2, -0.15) is 0 Å². The van der Waals surface area contributed by atoms with Crippen LogP contribution in [-0.4, -0.2) is 28.5 Å². The van der Waals surface area contributed by atoms with Gasteiger partial charge in [0.15, 0.2) is 0 Å². The third-order valence-electron chi connectivity index (χ3n) is 5.55. The van der Waals surface area contributed by atoms with Crippen molar-refractivity contribution in [3.63, 3.8) is 0 Å². The number of nitrogens with one attached hydrogen (secondary N) is 1. The van der Waals surface area contributed by atoms with Gasteiger partial charge in [0, 0.05) is 11.0 Å². The highest BCUT2D eigenvalue weighted by Crippen LogP contribution is 2.40. The van der Waals surface area contributed by atoms with Crippen molar-refractivity contribution < 1.29 is 0 Å². The second kappa shape index (κ2) is 5.93. The van der Waals surface area contributed by atoms with Gasteiger partial charge in [0.05, 0.1) is 17.9 Å². The number of nitrogens with zero attached hydrogens (tertiary/aromatic N) is 2. The van der Waals surface area contributed by atoms with E-state index in [4.69, 9.17) is 0 Å². The molecule has 0 amide bonds. The average molecular weight is 406 g/mol. The van der Waals surface area contributed by atoms with E-state index >= 15 is 0 Å². The summed E-state index contributed by atoms with van der Waals surface area (Å²) in [6, 6.07) is 13.6. The van der Waals surface area contributed by atoms with Crippen LogP contribution >= 0.6 is 15.9 Å². The van der Waals surface area contributed by atoms with Gasteiger partial charge in [-0.1, -0.05) is 46.3 Å². The molecule has 1 aliphatic heterocycles. The number of hydrogen-bond donors (Lipinski definition) is 1. The smallest absolute Gasteiger partial charge is 0.124 e. The molecule has 0 spiro atoms. The first-order valence-electron chi connectivity index (χ1n) is 8.92. The first kappa shape index (κ1) is 16.0. The van der Waals surface area contributed by atoms with Crippen molar-refractivity contribution in [2.75, 3.05) is 13.6 Å². The minimum atomic E-state index is 0.312. The Labute approximate surface area is 161 Å². The monoisotopic (exact) mass is 405 g/mol. The largest absolute Gasteiger partial charge is 0.341 e. The van der Waals surface area contributed by atoms with Crippen LogP contribution in [0.25, 0.3) is 22.4 Å². The van der Waals surface area contributed by atoms with Gasteiger partial charge in [0.25, 0.3) is 0 Å². The number of rotatable bonds is 2. The molecule has 3 aromatic rings. The van der Waals surface area contributed by atoms with E-state index < -0.39 is 0 Å². The molecule has 0 bridgehead atoms. The maximum absolute atomic E-state index is 4.66. The van der Waals surface area contributed by atoms with Crippen molar-refractivity contribution in [2.45, 2.75) is 18.9 Å². The molecule has 1 fully saturated rings. The first-order chi connectivity index (χ1) is 12.6. The Morgan fingerprint density at radius 2 is 1.92 bits per heavy atom. The van der Waals surface area contributed by atoms with Crippen LogP contribution in [0.1, 0.15) is 29.4 Å². The fourth-order valence-electron chi connectivity index (χ4n) is 4.26. The Morgan fingerprint density at radius 3 is 2.69 bits per heavy atom. The number of benzene rings is 2. The number of imidazole rings is 1. The van der Waals surface area contributed by atoms with Crippen LogP contribution in [-0.2, 0) is 6.42 Å². The zero-order chi connectivity index (χ0) is 17.8. The SMILES string of the molecule is C=C1C[C@@H](c2ncc(-c3ccc4c(c3)Cc3cc(Br)ccc3-4)[nH]2)N(C)C1. The van der Waals surface area contributed by atoms with E-state index in [9.17, 15) is 0 Å². The van der Waals surface area contributed by atoms with Gasteiger partial charge in [-0.3, -0.25) is 4.90 Å². The molecule has 1 N–H and O–H groups in total. The molecular formula is C22H20BrN3. The summed E-state index contributed by atoms with van der Waals surface area (Å²) >= 11 is 3.58. The van der Waals surface area contributed by atoms with Crippen molar-refractivity contribution >= 4 is 15.9 Å². The zero-order valence-corrected chi connectivity index (χ0v) is 16.3. The topological polar surface area (TPSA) is 31.9 Å². The molecule has 26 heavy (non-hydrogen) atoms. The molecule has 5 rings (SSSR count). The summed E-state index contributed by atoms with van der Waals surface area (Å²) in [5.74, 6) is 1.04. The molecule has 2 aromatic carbocycles. The number of aromatic nitrogens is 2. The second-order valence-corrected chi connectivity index (χ2v) is 8.33. The summed E-state index contributed by atoms with van der Waals surface area (Å²) in [7, 11) is 2.13. The number of hydrogen-bond acceptors (Lipinski definition) is 2. The maximum Gasteiger partial charge on any atom is 0.124 e. The molecule has 1 aromatic heterocycles. The first-order valence-corrected chi connectivity index (χ1v) is 9.71. The molecule has 2 heterocycles. The number of likely N-dealkylation sites (N-methyl/N-ethyl adjacent to an activating group) is 1. The van der Waals surface area contributed by atoms with Gasteiger partial charge in [-0.05, 0) is 65.9 Å². The van der Waals surface area contributed by atoms with Crippen LogP contribution < -0.4 is 0 Å². The zero-order valence-electron chi connectivity index (χ0n) is 14.7. The maximum atomic E-state index is 4.66. The fraction of sp³-hybridized carbons (Fsp3) is 0.227. The van der Waals surface area contributed by atoms with Gasteiger partial charge >= 0.3 is 0 Å². The molecular weight excluding hydrogens is 386 g/mol. The van der Waals surface area contributed by atoms with Gasteiger partial charge < -0.3 is 4.98 Å². The van der Waals surface area contributed by atoms with E-state index in [1.54, 1.807) is 0 Å². The molecule has 1 atom stereocenters. The lowest BCUT2D eigenvalue weighted by Crippen LogP contribution is -2.18. The van der Waals surface area contributed by atoms with E-state index in [0.29, 0.717) is 6.04 Å². The van der Waals surface area contributed by atoms with Gasteiger partial charge in [-0.25, -0.2) is 4.98 Å². The predicted molar refractivity (Wildman–Crippen MR) is 109 cm³/mol. The van der Waals surface area contributed by atoms with Crippen molar-refractivity contribution in [1.29, 1.82) is 0 Å². The van der Waals surface area contributed by atoms with Crippen LogP contribution in [0.3, 0.4) is 0 Å². The Balaban J connectivity index is 1.47. The quantitative estimate of drug-likeness (QED) is 0.456. The number of aromatic amines is 1. The van der Waals surface area contributed by atoms with Crippen molar-refractivity contribution in [1.82, 2.24) is 14.9 Å². The number of H-pyrrole nitrogens is 1. The molecule has 0 saturated carbocycles. The molecule has 3 nitrogen and oxygen atoms in total. The number of likely N-dealkylation sites (tertiary alicyclic amines) is 1. The van der Waals surface area contributed by atoms with E-state index in [1.807, 2.05) is 6.20 Å². The summed E-state index contributed by atoms with van der Waals surface area (Å²) in [5.41, 5.74) is 9.05. The Bertz CT molecular complexity index is 1030. The van der Waals surface area contributed by atoms with Gasteiger partial charge in [-0.15, -0.1) is 0 Å². The van der Waals surface area contributed by atoms with E-state index in [0.717, 1.165) is 35.4 Å². The lowest BCUT2D eigenvalue weighted by molar-refractivity contribution is 0.308. The third kappa shape index (κ3) is 2.56. The van der Waals surface area contributed by atoms with E-state index in [1.165, 1.54) is 33.4 Å². The van der Waals surface area contributed by atoms with Crippen molar-refractivity contribution in [3.05, 3.63) is 76.2 Å². The Kier molecular flexibility index (Phi) is 3.66. The summed E-state index contributed by atoms with van der Waals surface area (Å²) in [6.45, 7) is 5.08. The third-order valence-corrected chi connectivity index (χ3v) is 6.05. The highest BCUT2D eigenvalue weighted by molar-refractivity contribution is 9.10. The fourth-order valence-corrected chi connectivity index (χ4v) is 4.67. The second-order valence-electron chi connectivity index (χ2n) is 7.42. The number of fused-ring (bicyclic) bond motifs is 3. The van der Waals surface area contributed by atoms with Crippen LogP contribution in [0.15, 0.2) is 59.2 Å². The molecule has 1 aliphatic carbocycles. The van der Waals surface area contributed by atoms with Crippen LogP contribution in [0.4, 0.5) is 0 Å². The standard InChI is InChI=1S/C22H20BrN3/c1-13-7-21(26(2)12-13)22-24-11-20(25-22)14-3-5-18-15(8-14)9-16-10-17(23)4-6-19(16)18/h3-6,8,10-11,21H,1,7,9,12H2,2H3,(H,24,25)/t21-/m0/s1. The minimum absolute atomic E-state index is 0.312. The summed E-state index contributed by atoms with van der Waals surface area (Å²) in [4.78, 5) is 10.5. The lowest BCUT2D eigenvalue weighted by atomic mass is 10.0. The van der Waals surface area contributed by atoms with Crippen LogP contribution in [0.5, 0.6) is 0 Å². The van der Waals surface area contributed by atoms with Gasteiger partial charge in [0.1, 0.15) is 5.82 Å². The molecule has 4 heteroatoms. The van der Waals surface area contributed by atoms with Crippen LogP contribution in [0.2, 0.25) is 0 Å². The van der Waals surface area contributed by atoms with Crippen LogP contribution in [0, 0.1) is 0 Å². The summed E-state index contributed by atoms with van der Waals surface area (Å²) in [6.07, 6.45) is 3.94. The molecule has 1 saturated heterocycles. The normalized spacial score (nSPS) is 19.0. The predicted octanol–water partition coefficient (Wildman–Crippen LogP) is 5.34. The van der Waals surface area contributed by atoms with E-state index in [-0.39, 0.29) is 0 Å². The summed E-state index contributed by atoms with van der Waals surface area (Å²) < 4.78 is 1.14. The lowest BCUT2D eigenvalue weighted by Gasteiger charge is -2.16. The summed E-state index contributed by atoms with van der Waals surface area (Å²) in [5, 5.41) is 0. The van der Waals surface area contributed by atoms with Crippen molar-refractivity contribution in [3.8, 4) is 22.4 Å². The van der Waals surface area contributed by atoms with E-state index in [2.05, 4.69) is 80.8 Å². The molecule has 0 radical (unpaired) electrons. The number of halogens is 1. The minimum Gasteiger partial charge on any atom is -0.341 e. The highest BCUT2D eigenvalue weighted by Gasteiger charge is 2.27. The highest BCUT2D eigenvalue weighted by atomic mass is 79.9. The Morgan fingerprint density at radius 1 is 1.15 bits per heavy atom. The van der Waals surface area contributed by atoms with Gasteiger partial charge in [0.2, 0.25) is 0 Å². The average Bonchev–Trinajstić information content (AvgIpc) is 3.30. The molecule has 2 aliphatic rings. The molecule has 0 unspecified atom stereocenters. The Hall–Kier alpha value is -2.17. The van der Waals surface area contributed by atoms with Crippen molar-refractivity contribution in [2.24, 2.45) is 0 Å². The molecule has 130 valence electrons.